The van der Waals surface area contributed by atoms with Crippen molar-refractivity contribution in [1.29, 1.82) is 0 Å². The second kappa shape index (κ2) is 6.64. The average molecular weight is 306 g/mol. The molecule has 0 aliphatic carbocycles. The van der Waals surface area contributed by atoms with Crippen molar-refractivity contribution in [2.24, 2.45) is 0 Å². The molecule has 1 aromatic carbocycles. The van der Waals surface area contributed by atoms with E-state index in [4.69, 9.17) is 0 Å². The molecule has 0 spiro atoms. The zero-order valence-corrected chi connectivity index (χ0v) is 12.8. The molecular formula is C14H18N4O2S. The Morgan fingerprint density at radius 1 is 1.19 bits per heavy atom. The summed E-state index contributed by atoms with van der Waals surface area (Å²) in [5.74, 6) is 0.0580. The van der Waals surface area contributed by atoms with Crippen LogP contribution in [0.25, 0.3) is 0 Å². The monoisotopic (exact) mass is 306 g/mol. The summed E-state index contributed by atoms with van der Waals surface area (Å²) in [5.41, 5.74) is 0.911. The third kappa shape index (κ3) is 3.99. The van der Waals surface area contributed by atoms with Crippen molar-refractivity contribution in [3.05, 3.63) is 48.3 Å². The van der Waals surface area contributed by atoms with Gasteiger partial charge in [-0.3, -0.25) is 0 Å². The Morgan fingerprint density at radius 2 is 1.90 bits per heavy atom. The molecule has 0 fully saturated rings. The topological polar surface area (TPSA) is 84.0 Å². The van der Waals surface area contributed by atoms with Gasteiger partial charge in [0, 0.05) is 18.4 Å². The number of benzene rings is 1. The maximum Gasteiger partial charge on any atom is 0.264 e. The molecule has 2 rings (SSSR count). The SMILES string of the molecule is CCNC(C)c1cccc(S(=O)(=O)Nc2ncccn2)c1. The Morgan fingerprint density at radius 3 is 2.57 bits per heavy atom. The number of nitrogens with one attached hydrogen (secondary N) is 2. The minimum Gasteiger partial charge on any atom is -0.310 e. The van der Waals surface area contributed by atoms with Gasteiger partial charge >= 0.3 is 0 Å². The van der Waals surface area contributed by atoms with E-state index in [1.165, 1.54) is 12.4 Å². The summed E-state index contributed by atoms with van der Waals surface area (Å²) in [6, 6.07) is 8.52. The molecular weight excluding hydrogens is 288 g/mol. The highest BCUT2D eigenvalue weighted by molar-refractivity contribution is 7.92. The van der Waals surface area contributed by atoms with Crippen LogP contribution < -0.4 is 10.0 Å². The number of nitrogens with zero attached hydrogens (tertiary/aromatic N) is 2. The van der Waals surface area contributed by atoms with E-state index in [2.05, 4.69) is 20.0 Å². The zero-order chi connectivity index (χ0) is 15.3. The van der Waals surface area contributed by atoms with Crippen molar-refractivity contribution in [1.82, 2.24) is 15.3 Å². The van der Waals surface area contributed by atoms with E-state index in [0.717, 1.165) is 12.1 Å². The minimum absolute atomic E-state index is 0.0580. The second-order valence-corrected chi connectivity index (χ2v) is 6.21. The van der Waals surface area contributed by atoms with Gasteiger partial charge in [-0.15, -0.1) is 0 Å². The second-order valence-electron chi connectivity index (χ2n) is 4.53. The lowest BCUT2D eigenvalue weighted by Crippen LogP contribution is -2.19. The van der Waals surface area contributed by atoms with E-state index in [1.807, 2.05) is 19.9 Å². The molecule has 1 unspecified atom stereocenters. The lowest BCUT2D eigenvalue weighted by molar-refractivity contribution is 0.592. The van der Waals surface area contributed by atoms with Crippen LogP contribution in [0, 0.1) is 0 Å². The van der Waals surface area contributed by atoms with Gasteiger partial charge in [-0.1, -0.05) is 19.1 Å². The molecule has 2 aromatic rings. The maximum atomic E-state index is 12.3. The summed E-state index contributed by atoms with van der Waals surface area (Å²) in [4.78, 5) is 7.92. The largest absolute Gasteiger partial charge is 0.310 e. The van der Waals surface area contributed by atoms with Gasteiger partial charge in [0.05, 0.1) is 4.90 Å². The van der Waals surface area contributed by atoms with Crippen LogP contribution in [0.5, 0.6) is 0 Å². The Balaban J connectivity index is 2.26. The van der Waals surface area contributed by atoms with Gasteiger partial charge in [0.1, 0.15) is 0 Å². The van der Waals surface area contributed by atoms with Crippen LogP contribution >= 0.6 is 0 Å². The van der Waals surface area contributed by atoms with Crippen LogP contribution in [0.4, 0.5) is 5.95 Å². The third-order valence-corrected chi connectivity index (χ3v) is 4.30. The Hall–Kier alpha value is -1.99. The maximum absolute atomic E-state index is 12.3. The van der Waals surface area contributed by atoms with Gasteiger partial charge < -0.3 is 5.32 Å². The fourth-order valence-corrected chi connectivity index (χ4v) is 2.92. The van der Waals surface area contributed by atoms with Crippen LogP contribution in [0.2, 0.25) is 0 Å². The number of hydrogen-bond acceptors (Lipinski definition) is 5. The lowest BCUT2D eigenvalue weighted by atomic mass is 10.1. The first-order valence-electron chi connectivity index (χ1n) is 6.66. The number of hydrogen-bond donors (Lipinski definition) is 2. The molecule has 0 aliphatic heterocycles. The first-order valence-corrected chi connectivity index (χ1v) is 8.14. The molecule has 0 aliphatic rings. The van der Waals surface area contributed by atoms with E-state index in [9.17, 15) is 8.42 Å². The van der Waals surface area contributed by atoms with Crippen LogP contribution in [-0.4, -0.2) is 24.9 Å². The van der Waals surface area contributed by atoms with E-state index in [-0.39, 0.29) is 16.9 Å². The highest BCUT2D eigenvalue weighted by Crippen LogP contribution is 2.18. The fourth-order valence-electron chi connectivity index (χ4n) is 1.91. The Bertz CT molecular complexity index is 689. The van der Waals surface area contributed by atoms with Crippen molar-refractivity contribution >= 4 is 16.0 Å². The molecule has 0 saturated heterocycles. The normalized spacial score (nSPS) is 12.9. The Labute approximate surface area is 124 Å². The molecule has 0 radical (unpaired) electrons. The molecule has 1 heterocycles. The quantitative estimate of drug-likeness (QED) is 0.852. The molecule has 7 heteroatoms. The Kier molecular flexibility index (Phi) is 4.87. The summed E-state index contributed by atoms with van der Waals surface area (Å²) in [7, 11) is -3.69. The van der Waals surface area contributed by atoms with Crippen LogP contribution in [0.15, 0.2) is 47.6 Å². The fraction of sp³-hybridized carbons (Fsp3) is 0.286. The van der Waals surface area contributed by atoms with E-state index >= 15 is 0 Å². The zero-order valence-electron chi connectivity index (χ0n) is 11.9. The number of aromatic nitrogens is 2. The molecule has 112 valence electrons. The van der Waals surface area contributed by atoms with Crippen molar-refractivity contribution in [3.8, 4) is 0 Å². The average Bonchev–Trinajstić information content (AvgIpc) is 2.48. The van der Waals surface area contributed by atoms with Crippen molar-refractivity contribution in [2.45, 2.75) is 24.8 Å². The molecule has 1 aromatic heterocycles. The van der Waals surface area contributed by atoms with Crippen LogP contribution in [-0.2, 0) is 10.0 Å². The van der Waals surface area contributed by atoms with E-state index in [0.29, 0.717) is 0 Å². The predicted octanol–water partition coefficient (Wildman–Crippen LogP) is 1.95. The molecule has 6 nitrogen and oxygen atoms in total. The van der Waals surface area contributed by atoms with Gasteiger partial charge in [-0.2, -0.15) is 0 Å². The minimum atomic E-state index is -3.69. The first-order chi connectivity index (χ1) is 10.0. The van der Waals surface area contributed by atoms with Crippen molar-refractivity contribution in [3.63, 3.8) is 0 Å². The van der Waals surface area contributed by atoms with E-state index < -0.39 is 10.0 Å². The molecule has 0 saturated carbocycles. The predicted molar refractivity (Wildman–Crippen MR) is 81.4 cm³/mol. The summed E-state index contributed by atoms with van der Waals surface area (Å²) in [6.45, 7) is 4.81. The van der Waals surface area contributed by atoms with Gasteiger partial charge in [-0.05, 0) is 37.2 Å². The molecule has 2 N–H and O–H groups in total. The van der Waals surface area contributed by atoms with Gasteiger partial charge in [0.25, 0.3) is 10.0 Å². The van der Waals surface area contributed by atoms with Crippen LogP contribution in [0.3, 0.4) is 0 Å². The summed E-state index contributed by atoms with van der Waals surface area (Å²) in [5, 5.41) is 3.25. The van der Waals surface area contributed by atoms with Crippen molar-refractivity contribution < 1.29 is 8.42 Å². The first kappa shape index (κ1) is 15.4. The number of sulfonamides is 1. The molecule has 0 bridgehead atoms. The smallest absolute Gasteiger partial charge is 0.264 e. The van der Waals surface area contributed by atoms with Crippen LogP contribution in [0.1, 0.15) is 25.5 Å². The molecule has 0 amide bonds. The number of anilines is 1. The van der Waals surface area contributed by atoms with Gasteiger partial charge in [-0.25, -0.2) is 23.1 Å². The summed E-state index contributed by atoms with van der Waals surface area (Å²) < 4.78 is 27.0. The standard InChI is InChI=1S/C14H18N4O2S/c1-3-15-11(2)12-6-4-7-13(10-12)21(19,20)18-14-16-8-5-9-17-14/h4-11,15H,3H2,1-2H3,(H,16,17,18). The van der Waals surface area contributed by atoms with Gasteiger partial charge in [0.2, 0.25) is 5.95 Å². The molecule has 1 atom stereocenters. The van der Waals surface area contributed by atoms with Crippen molar-refractivity contribution in [2.75, 3.05) is 11.3 Å². The van der Waals surface area contributed by atoms with Gasteiger partial charge in [0.15, 0.2) is 0 Å². The highest BCUT2D eigenvalue weighted by Gasteiger charge is 2.16. The lowest BCUT2D eigenvalue weighted by Gasteiger charge is -2.14. The third-order valence-electron chi connectivity index (χ3n) is 2.97. The summed E-state index contributed by atoms with van der Waals surface area (Å²) >= 11 is 0. The molecule has 21 heavy (non-hydrogen) atoms. The highest BCUT2D eigenvalue weighted by atomic mass is 32.2. The summed E-state index contributed by atoms with van der Waals surface area (Å²) in [6.07, 6.45) is 2.96. The number of rotatable bonds is 6. The van der Waals surface area contributed by atoms with E-state index in [1.54, 1.807) is 24.3 Å².